The van der Waals surface area contributed by atoms with Crippen molar-refractivity contribution in [3.8, 4) is 22.7 Å². The van der Waals surface area contributed by atoms with Gasteiger partial charge >= 0.3 is 0 Å². The van der Waals surface area contributed by atoms with Crippen molar-refractivity contribution in [2.75, 3.05) is 20.3 Å². The maximum Gasteiger partial charge on any atom is 0.266 e. The zero-order valence-corrected chi connectivity index (χ0v) is 21.7. The van der Waals surface area contributed by atoms with Crippen molar-refractivity contribution in [2.24, 2.45) is 0 Å². The summed E-state index contributed by atoms with van der Waals surface area (Å²) < 4.78 is 14.3. The van der Waals surface area contributed by atoms with Gasteiger partial charge in [-0.05, 0) is 65.2 Å². The smallest absolute Gasteiger partial charge is 0.266 e. The monoisotopic (exact) mass is 555 g/mol. The van der Waals surface area contributed by atoms with Crippen LogP contribution in [0.1, 0.15) is 18.4 Å². The Bertz CT molecular complexity index is 1270. The number of aromatic nitrogens is 2. The van der Waals surface area contributed by atoms with Crippen LogP contribution in [0, 0.1) is 0 Å². The van der Waals surface area contributed by atoms with E-state index in [1.165, 1.54) is 11.8 Å². The topological polar surface area (TPSA) is 56.6 Å². The normalized spacial score (nSPS) is 19.4. The summed E-state index contributed by atoms with van der Waals surface area (Å²) in [7, 11) is 1.63. The molecule has 0 spiro atoms. The highest BCUT2D eigenvalue weighted by molar-refractivity contribution is 9.10. The van der Waals surface area contributed by atoms with Crippen molar-refractivity contribution in [1.82, 2.24) is 14.7 Å². The number of carbonyl (C=O) groups is 1. The summed E-state index contributed by atoms with van der Waals surface area (Å²) in [6.45, 7) is 1.25. The van der Waals surface area contributed by atoms with Crippen LogP contribution in [0.4, 0.5) is 0 Å². The van der Waals surface area contributed by atoms with Crippen molar-refractivity contribution in [2.45, 2.75) is 18.9 Å². The first-order valence-corrected chi connectivity index (χ1v) is 12.9. The van der Waals surface area contributed by atoms with Crippen LogP contribution in [0.5, 0.6) is 5.75 Å². The molecule has 3 heterocycles. The molecule has 0 bridgehead atoms. The third-order valence-electron chi connectivity index (χ3n) is 5.76. The van der Waals surface area contributed by atoms with Crippen LogP contribution in [-0.4, -0.2) is 51.3 Å². The molecule has 2 saturated heterocycles. The van der Waals surface area contributed by atoms with Gasteiger partial charge in [-0.1, -0.05) is 42.2 Å². The van der Waals surface area contributed by atoms with Crippen LogP contribution in [0.2, 0.25) is 0 Å². The summed E-state index contributed by atoms with van der Waals surface area (Å²) in [5, 5.41) is 4.86. The maximum absolute atomic E-state index is 13.2. The highest BCUT2D eigenvalue weighted by atomic mass is 79.9. The summed E-state index contributed by atoms with van der Waals surface area (Å²) in [5.41, 5.74) is 3.43. The molecule has 2 aliphatic heterocycles. The number of nitrogens with zero attached hydrogens (tertiary/aromatic N) is 3. The first-order chi connectivity index (χ1) is 16.5. The minimum absolute atomic E-state index is 0.0508. The number of para-hydroxylation sites is 1. The molecule has 0 saturated carbocycles. The Balaban J connectivity index is 1.53. The largest absolute Gasteiger partial charge is 0.496 e. The molecule has 34 heavy (non-hydrogen) atoms. The van der Waals surface area contributed by atoms with Crippen LogP contribution in [0.3, 0.4) is 0 Å². The molecule has 1 aromatic heterocycles. The van der Waals surface area contributed by atoms with Gasteiger partial charge in [0, 0.05) is 23.9 Å². The Morgan fingerprint density at radius 1 is 1.29 bits per heavy atom. The van der Waals surface area contributed by atoms with Crippen molar-refractivity contribution in [3.63, 3.8) is 0 Å². The number of halogens is 1. The molecule has 0 N–H and O–H groups in total. The second-order valence-corrected chi connectivity index (χ2v) is 10.5. The summed E-state index contributed by atoms with van der Waals surface area (Å²) >= 11 is 10.4. The van der Waals surface area contributed by atoms with E-state index in [1.807, 2.05) is 65.5 Å². The zero-order chi connectivity index (χ0) is 23.7. The Labute approximate surface area is 216 Å². The van der Waals surface area contributed by atoms with Gasteiger partial charge < -0.3 is 9.47 Å². The lowest BCUT2D eigenvalue weighted by Gasteiger charge is -2.18. The van der Waals surface area contributed by atoms with Gasteiger partial charge in [0.05, 0.1) is 34.8 Å². The van der Waals surface area contributed by atoms with Crippen molar-refractivity contribution in [1.29, 1.82) is 0 Å². The minimum Gasteiger partial charge on any atom is -0.496 e. The van der Waals surface area contributed by atoms with Crippen LogP contribution in [0.15, 0.2) is 64.1 Å². The number of thioether (sulfide) groups is 1. The fourth-order valence-electron chi connectivity index (χ4n) is 4.03. The lowest BCUT2D eigenvalue weighted by atomic mass is 10.1. The zero-order valence-electron chi connectivity index (χ0n) is 18.4. The number of hydrogen-bond acceptors (Lipinski definition) is 6. The number of rotatable bonds is 6. The molecule has 1 amide bonds. The van der Waals surface area contributed by atoms with Gasteiger partial charge in [0.25, 0.3) is 5.91 Å². The van der Waals surface area contributed by atoms with Gasteiger partial charge in [0.2, 0.25) is 0 Å². The molecule has 5 rings (SSSR count). The Morgan fingerprint density at radius 2 is 2.12 bits per heavy atom. The standard InChI is InChI=1S/C25H22BrN3O3S2/c1-31-21-10-9-16(12-20(21)26)23-17(14-29(27-23)18-6-3-2-4-7-18)13-22-24(30)28(25(33)34-22)15-19-8-5-11-32-19/h2-4,6-7,9-10,12-14,19H,5,8,11,15H2,1H3/b22-13+. The summed E-state index contributed by atoms with van der Waals surface area (Å²) in [5.74, 6) is 0.655. The van der Waals surface area contributed by atoms with Gasteiger partial charge in [-0.2, -0.15) is 5.10 Å². The highest BCUT2D eigenvalue weighted by Gasteiger charge is 2.35. The van der Waals surface area contributed by atoms with E-state index in [0.29, 0.717) is 15.8 Å². The molecule has 1 atom stereocenters. The predicted molar refractivity (Wildman–Crippen MR) is 142 cm³/mol. The summed E-state index contributed by atoms with van der Waals surface area (Å²) in [6.07, 6.45) is 5.85. The third-order valence-corrected chi connectivity index (χ3v) is 7.76. The fourth-order valence-corrected chi connectivity index (χ4v) is 5.84. The minimum atomic E-state index is -0.0835. The molecule has 2 fully saturated rings. The Morgan fingerprint density at radius 3 is 2.82 bits per heavy atom. The second kappa shape index (κ2) is 10.0. The van der Waals surface area contributed by atoms with E-state index >= 15 is 0 Å². The van der Waals surface area contributed by atoms with Crippen molar-refractivity contribution >= 4 is 56.2 Å². The average molecular weight is 557 g/mol. The lowest BCUT2D eigenvalue weighted by molar-refractivity contribution is -0.123. The van der Waals surface area contributed by atoms with Crippen LogP contribution in [-0.2, 0) is 9.53 Å². The number of hydrogen-bond donors (Lipinski definition) is 0. The number of carbonyl (C=O) groups excluding carboxylic acids is 1. The van der Waals surface area contributed by atoms with Crippen LogP contribution in [0.25, 0.3) is 23.0 Å². The summed E-state index contributed by atoms with van der Waals surface area (Å²) in [4.78, 5) is 15.5. The van der Waals surface area contributed by atoms with E-state index in [-0.39, 0.29) is 12.0 Å². The van der Waals surface area contributed by atoms with E-state index in [1.54, 1.807) is 12.0 Å². The van der Waals surface area contributed by atoms with E-state index < -0.39 is 0 Å². The molecular weight excluding hydrogens is 534 g/mol. The number of methoxy groups -OCH3 is 1. The number of amides is 1. The number of ether oxygens (including phenoxy) is 2. The molecular formula is C25H22BrN3O3S2. The lowest BCUT2D eigenvalue weighted by Crippen LogP contribution is -2.35. The quantitative estimate of drug-likeness (QED) is 0.287. The van der Waals surface area contributed by atoms with Crippen molar-refractivity contribution < 1.29 is 14.3 Å². The van der Waals surface area contributed by atoms with Gasteiger partial charge in [0.15, 0.2) is 0 Å². The SMILES string of the molecule is COc1ccc(-c2nn(-c3ccccc3)cc2/C=C2/SC(=S)N(CC3CCCO3)C2=O)cc1Br. The molecule has 1 unspecified atom stereocenters. The number of thiocarbonyl (C=S) groups is 1. The third kappa shape index (κ3) is 4.70. The predicted octanol–water partition coefficient (Wildman–Crippen LogP) is 5.69. The number of benzene rings is 2. The first kappa shape index (κ1) is 23.3. The van der Waals surface area contributed by atoms with Crippen molar-refractivity contribution in [3.05, 3.63) is 69.7 Å². The van der Waals surface area contributed by atoms with Gasteiger partial charge in [-0.15, -0.1) is 0 Å². The molecule has 0 radical (unpaired) electrons. The average Bonchev–Trinajstić information content (AvgIpc) is 3.57. The first-order valence-electron chi connectivity index (χ1n) is 10.9. The highest BCUT2D eigenvalue weighted by Crippen LogP contribution is 2.37. The van der Waals surface area contributed by atoms with E-state index in [4.69, 9.17) is 26.8 Å². The van der Waals surface area contributed by atoms with Crippen LogP contribution >= 0.6 is 39.9 Å². The second-order valence-electron chi connectivity index (χ2n) is 7.99. The molecule has 2 aromatic carbocycles. The molecule has 6 nitrogen and oxygen atoms in total. The van der Waals surface area contributed by atoms with Gasteiger partial charge in [-0.3, -0.25) is 9.69 Å². The molecule has 2 aliphatic rings. The molecule has 174 valence electrons. The Kier molecular flexibility index (Phi) is 6.87. The molecule has 3 aromatic rings. The summed E-state index contributed by atoms with van der Waals surface area (Å²) in [6, 6.07) is 15.7. The van der Waals surface area contributed by atoms with E-state index in [0.717, 1.165) is 52.2 Å². The van der Waals surface area contributed by atoms with Gasteiger partial charge in [0.1, 0.15) is 15.8 Å². The Hall–Kier alpha value is -2.46. The van der Waals surface area contributed by atoms with E-state index in [9.17, 15) is 4.79 Å². The fraction of sp³-hybridized carbons (Fsp3) is 0.240. The van der Waals surface area contributed by atoms with E-state index in [2.05, 4.69) is 15.9 Å². The molecule has 0 aliphatic carbocycles. The molecule has 9 heteroatoms. The van der Waals surface area contributed by atoms with Crippen LogP contribution < -0.4 is 4.74 Å². The maximum atomic E-state index is 13.2. The van der Waals surface area contributed by atoms with Gasteiger partial charge in [-0.25, -0.2) is 4.68 Å².